The average molecular weight is 465 g/mol. The summed E-state index contributed by atoms with van der Waals surface area (Å²) in [5, 5.41) is 19.6. The van der Waals surface area contributed by atoms with Crippen LogP contribution in [0, 0.1) is 10.1 Å². The lowest BCUT2D eigenvalue weighted by Gasteiger charge is -2.18. The van der Waals surface area contributed by atoms with Crippen molar-refractivity contribution in [2.24, 2.45) is 0 Å². The summed E-state index contributed by atoms with van der Waals surface area (Å²) < 4.78 is 37.3. The average Bonchev–Trinajstić information content (AvgIpc) is 3.23. The zero-order valence-electron chi connectivity index (χ0n) is 17.0. The first-order valence-corrected chi connectivity index (χ1v) is 11.5. The van der Waals surface area contributed by atoms with E-state index >= 15 is 0 Å². The molecule has 0 atom stereocenters. The Labute approximate surface area is 183 Å². The van der Waals surface area contributed by atoms with Gasteiger partial charge in [-0.15, -0.1) is 10.2 Å². The molecule has 10 nitrogen and oxygen atoms in total. The summed E-state index contributed by atoms with van der Waals surface area (Å²) in [5.41, 5.74) is 0.303. The Bertz CT molecular complexity index is 1170. The van der Waals surface area contributed by atoms with E-state index in [2.05, 4.69) is 10.2 Å². The van der Waals surface area contributed by atoms with Gasteiger partial charge in [-0.05, 0) is 48.2 Å². The van der Waals surface area contributed by atoms with Crippen molar-refractivity contribution in [2.45, 2.75) is 28.9 Å². The first kappa shape index (κ1) is 22.7. The van der Waals surface area contributed by atoms with Crippen molar-refractivity contribution in [1.29, 1.82) is 0 Å². The normalized spacial score (nSPS) is 11.6. The Morgan fingerprint density at radius 1 is 1.13 bits per heavy atom. The maximum atomic E-state index is 12.7. The molecule has 0 aliphatic rings. The van der Waals surface area contributed by atoms with Crippen molar-refractivity contribution in [3.05, 3.63) is 52.6 Å². The molecule has 3 rings (SSSR count). The van der Waals surface area contributed by atoms with Crippen LogP contribution in [-0.2, 0) is 10.0 Å². The molecule has 0 aliphatic heterocycles. The van der Waals surface area contributed by atoms with Gasteiger partial charge in [0.2, 0.25) is 15.9 Å². The third-order valence-electron chi connectivity index (χ3n) is 4.41. The highest BCUT2D eigenvalue weighted by Gasteiger charge is 2.26. The molecule has 0 bridgehead atoms. The number of methoxy groups -OCH3 is 1. The van der Waals surface area contributed by atoms with Gasteiger partial charge in [-0.2, -0.15) is 4.31 Å². The lowest BCUT2D eigenvalue weighted by Crippen LogP contribution is -2.30. The number of nitro benzene ring substituents is 1. The molecule has 1 aromatic heterocycles. The number of aromatic nitrogens is 2. The molecule has 0 unspecified atom stereocenters. The van der Waals surface area contributed by atoms with Gasteiger partial charge in [0.25, 0.3) is 10.9 Å². The monoisotopic (exact) mass is 464 g/mol. The lowest BCUT2D eigenvalue weighted by molar-refractivity contribution is -0.388. The van der Waals surface area contributed by atoms with Gasteiger partial charge >= 0.3 is 0 Å². The Morgan fingerprint density at radius 3 is 2.39 bits per heavy atom. The van der Waals surface area contributed by atoms with Gasteiger partial charge in [-0.25, -0.2) is 8.42 Å². The van der Waals surface area contributed by atoms with E-state index in [0.717, 1.165) is 17.8 Å². The van der Waals surface area contributed by atoms with Crippen molar-refractivity contribution >= 4 is 27.5 Å². The fourth-order valence-corrected chi connectivity index (χ4v) is 5.04. The second-order valence-corrected chi connectivity index (χ2v) is 9.11. The quantitative estimate of drug-likeness (QED) is 0.342. The minimum Gasteiger partial charge on any atom is -0.497 e. The summed E-state index contributed by atoms with van der Waals surface area (Å²) in [4.78, 5) is 11.0. The minimum absolute atomic E-state index is 0.0910. The molecule has 0 saturated carbocycles. The smallest absolute Gasteiger partial charge is 0.284 e. The number of rotatable bonds is 9. The van der Waals surface area contributed by atoms with Gasteiger partial charge in [0, 0.05) is 24.7 Å². The molecule has 2 aromatic carbocycles. The van der Waals surface area contributed by atoms with Crippen molar-refractivity contribution in [1.82, 2.24) is 14.5 Å². The number of hydrogen-bond acceptors (Lipinski definition) is 9. The van der Waals surface area contributed by atoms with E-state index in [1.165, 1.54) is 16.4 Å². The molecule has 0 fully saturated rings. The van der Waals surface area contributed by atoms with E-state index in [-0.39, 0.29) is 39.7 Å². The van der Waals surface area contributed by atoms with Crippen LogP contribution in [-0.4, -0.2) is 48.0 Å². The SMILES string of the molecule is CCN(CC)S(=O)(=O)c1ccc(Sc2nnc(-c3ccc(OC)cc3)o2)c([N+](=O)[O-])c1. The number of nitro groups is 1. The molecule has 164 valence electrons. The number of nitrogens with zero attached hydrogens (tertiary/aromatic N) is 4. The van der Waals surface area contributed by atoms with Crippen LogP contribution in [0.2, 0.25) is 0 Å². The zero-order valence-corrected chi connectivity index (χ0v) is 18.6. The first-order valence-electron chi connectivity index (χ1n) is 9.24. The third-order valence-corrected chi connectivity index (χ3v) is 7.36. The van der Waals surface area contributed by atoms with E-state index in [0.29, 0.717) is 11.3 Å². The highest BCUT2D eigenvalue weighted by atomic mass is 32.2. The fourth-order valence-electron chi connectivity index (χ4n) is 2.79. The van der Waals surface area contributed by atoms with E-state index in [1.807, 2.05) is 0 Å². The summed E-state index contributed by atoms with van der Waals surface area (Å²) in [6.45, 7) is 3.93. The van der Waals surface area contributed by atoms with Gasteiger partial charge in [0.1, 0.15) is 5.75 Å². The molecule has 0 N–H and O–H groups in total. The summed E-state index contributed by atoms with van der Waals surface area (Å²) in [6.07, 6.45) is 0. The summed E-state index contributed by atoms with van der Waals surface area (Å²) in [6, 6.07) is 10.7. The molecule has 0 saturated heterocycles. The number of hydrogen-bond donors (Lipinski definition) is 0. The Morgan fingerprint density at radius 2 is 1.81 bits per heavy atom. The predicted molar refractivity (Wildman–Crippen MR) is 114 cm³/mol. The van der Waals surface area contributed by atoms with Crippen LogP contribution in [0.1, 0.15) is 13.8 Å². The van der Waals surface area contributed by atoms with Gasteiger partial charge < -0.3 is 9.15 Å². The molecular weight excluding hydrogens is 444 g/mol. The molecule has 0 radical (unpaired) electrons. The molecule has 0 aliphatic carbocycles. The summed E-state index contributed by atoms with van der Waals surface area (Å²) in [5.74, 6) is 0.918. The Balaban J connectivity index is 1.90. The van der Waals surface area contributed by atoms with Crippen LogP contribution in [0.25, 0.3) is 11.5 Å². The highest BCUT2D eigenvalue weighted by molar-refractivity contribution is 7.99. The van der Waals surface area contributed by atoms with E-state index in [4.69, 9.17) is 9.15 Å². The van der Waals surface area contributed by atoms with Crippen LogP contribution in [0.5, 0.6) is 5.75 Å². The summed E-state index contributed by atoms with van der Waals surface area (Å²) >= 11 is 0.890. The van der Waals surface area contributed by atoms with E-state index in [9.17, 15) is 18.5 Å². The van der Waals surface area contributed by atoms with Gasteiger partial charge in [-0.3, -0.25) is 10.1 Å². The van der Waals surface area contributed by atoms with Crippen molar-refractivity contribution in [2.75, 3.05) is 20.2 Å². The molecule has 0 spiro atoms. The van der Waals surface area contributed by atoms with Gasteiger partial charge in [0.05, 0.1) is 21.8 Å². The van der Waals surface area contributed by atoms with Crippen LogP contribution >= 0.6 is 11.8 Å². The van der Waals surface area contributed by atoms with E-state index in [1.54, 1.807) is 45.2 Å². The van der Waals surface area contributed by atoms with Crippen molar-refractivity contribution < 1.29 is 22.5 Å². The number of ether oxygens (including phenoxy) is 1. The Hall–Kier alpha value is -2.96. The highest BCUT2D eigenvalue weighted by Crippen LogP contribution is 2.37. The standard InChI is InChI=1S/C19H20N4O6S2/c1-4-22(5-2)31(26,27)15-10-11-17(16(12-15)23(24)25)30-19-21-20-18(29-19)13-6-8-14(28-3)9-7-13/h6-12H,4-5H2,1-3H3. The predicted octanol–water partition coefficient (Wildman–Crippen LogP) is 3.84. The molecule has 3 aromatic rings. The second kappa shape index (κ2) is 9.45. The minimum atomic E-state index is -3.83. The maximum absolute atomic E-state index is 12.7. The molecule has 31 heavy (non-hydrogen) atoms. The number of sulfonamides is 1. The molecular formula is C19H20N4O6S2. The van der Waals surface area contributed by atoms with Crippen LogP contribution in [0.3, 0.4) is 0 Å². The van der Waals surface area contributed by atoms with Crippen molar-refractivity contribution in [3.63, 3.8) is 0 Å². The summed E-state index contributed by atoms with van der Waals surface area (Å²) in [7, 11) is -2.27. The third kappa shape index (κ3) is 4.86. The van der Waals surface area contributed by atoms with Gasteiger partial charge in [0.15, 0.2) is 0 Å². The van der Waals surface area contributed by atoms with Gasteiger partial charge in [-0.1, -0.05) is 13.8 Å². The lowest BCUT2D eigenvalue weighted by atomic mass is 10.2. The van der Waals surface area contributed by atoms with E-state index < -0.39 is 14.9 Å². The van der Waals surface area contributed by atoms with Crippen LogP contribution in [0.4, 0.5) is 5.69 Å². The van der Waals surface area contributed by atoms with Crippen LogP contribution < -0.4 is 4.74 Å². The van der Waals surface area contributed by atoms with Crippen LogP contribution in [0.15, 0.2) is 61.9 Å². The maximum Gasteiger partial charge on any atom is 0.284 e. The Kier molecular flexibility index (Phi) is 6.93. The second-order valence-electron chi connectivity index (χ2n) is 6.18. The molecule has 0 amide bonds. The number of benzene rings is 2. The zero-order chi connectivity index (χ0) is 22.6. The van der Waals surface area contributed by atoms with Crippen molar-refractivity contribution in [3.8, 4) is 17.2 Å². The molecule has 1 heterocycles. The molecule has 12 heteroatoms. The first-order chi connectivity index (χ1) is 14.8. The largest absolute Gasteiger partial charge is 0.497 e. The fraction of sp³-hybridized carbons (Fsp3) is 0.263. The topological polar surface area (TPSA) is 129 Å².